The normalized spacial score (nSPS) is 10.4. The zero-order valence-electron chi connectivity index (χ0n) is 16.3. The number of para-hydroxylation sites is 2. The van der Waals surface area contributed by atoms with Crippen LogP contribution >= 0.6 is 0 Å². The van der Waals surface area contributed by atoms with Gasteiger partial charge in [-0.05, 0) is 36.4 Å². The molecule has 2 heterocycles. The smallest absolute Gasteiger partial charge is 0.340 e. The fourth-order valence-electron chi connectivity index (χ4n) is 3.04. The summed E-state index contributed by atoms with van der Waals surface area (Å²) < 4.78 is 15.9. The third kappa shape index (κ3) is 4.41. The van der Waals surface area contributed by atoms with Crippen molar-refractivity contribution in [3.05, 3.63) is 84.0 Å². The topological polar surface area (TPSA) is 118 Å². The van der Waals surface area contributed by atoms with Crippen LogP contribution in [0.3, 0.4) is 0 Å². The Kier molecular flexibility index (Phi) is 5.67. The molecule has 154 valence electrons. The second kappa shape index (κ2) is 8.88. The SMILES string of the molecule is N#Cc1oc2ccccc2c1NC(=O)COC(=O)c1ccccc1NCc1ccco1. The van der Waals surface area contributed by atoms with Crippen LogP contribution in [0.4, 0.5) is 11.4 Å². The number of nitrogens with zero attached hydrogens (tertiary/aromatic N) is 1. The number of fused-ring (bicyclic) bond motifs is 1. The molecule has 0 fully saturated rings. The van der Waals surface area contributed by atoms with Crippen molar-refractivity contribution < 1.29 is 23.2 Å². The van der Waals surface area contributed by atoms with Gasteiger partial charge in [0.1, 0.15) is 23.1 Å². The number of furan rings is 2. The van der Waals surface area contributed by atoms with Crippen molar-refractivity contribution in [3.63, 3.8) is 0 Å². The first-order valence-electron chi connectivity index (χ1n) is 9.39. The van der Waals surface area contributed by atoms with Crippen LogP contribution in [0.15, 0.2) is 75.8 Å². The fourth-order valence-corrected chi connectivity index (χ4v) is 3.04. The molecule has 2 N–H and O–H groups in total. The molecule has 0 bridgehead atoms. The summed E-state index contributed by atoms with van der Waals surface area (Å²) in [6, 6.07) is 19.3. The summed E-state index contributed by atoms with van der Waals surface area (Å²) in [6.07, 6.45) is 1.57. The van der Waals surface area contributed by atoms with E-state index in [-0.39, 0.29) is 17.0 Å². The molecule has 0 aliphatic rings. The van der Waals surface area contributed by atoms with Gasteiger partial charge in [0.25, 0.3) is 5.91 Å². The molecular weight excluding hydrogens is 398 g/mol. The lowest BCUT2D eigenvalue weighted by Crippen LogP contribution is -2.21. The molecule has 0 aliphatic carbocycles. The van der Waals surface area contributed by atoms with Crippen molar-refractivity contribution in [2.75, 3.05) is 17.2 Å². The molecule has 2 aromatic carbocycles. The lowest BCUT2D eigenvalue weighted by molar-refractivity contribution is -0.119. The van der Waals surface area contributed by atoms with Gasteiger partial charge in [-0.2, -0.15) is 5.26 Å². The zero-order chi connectivity index (χ0) is 21.6. The first-order valence-corrected chi connectivity index (χ1v) is 9.39. The van der Waals surface area contributed by atoms with Crippen molar-refractivity contribution >= 4 is 34.2 Å². The lowest BCUT2D eigenvalue weighted by atomic mass is 10.2. The summed E-state index contributed by atoms with van der Waals surface area (Å²) in [7, 11) is 0. The van der Waals surface area contributed by atoms with E-state index in [4.69, 9.17) is 13.6 Å². The molecule has 4 aromatic rings. The zero-order valence-corrected chi connectivity index (χ0v) is 16.3. The van der Waals surface area contributed by atoms with E-state index in [1.165, 1.54) is 0 Å². The number of esters is 1. The number of hydrogen-bond donors (Lipinski definition) is 2. The van der Waals surface area contributed by atoms with E-state index in [2.05, 4.69) is 10.6 Å². The Morgan fingerprint density at radius 2 is 1.84 bits per heavy atom. The molecule has 31 heavy (non-hydrogen) atoms. The van der Waals surface area contributed by atoms with Crippen LogP contribution in [0.25, 0.3) is 11.0 Å². The van der Waals surface area contributed by atoms with Gasteiger partial charge in [0.05, 0.1) is 18.4 Å². The lowest BCUT2D eigenvalue weighted by Gasteiger charge is -2.11. The average Bonchev–Trinajstić information content (AvgIpc) is 3.44. The van der Waals surface area contributed by atoms with Crippen LogP contribution in [-0.2, 0) is 16.1 Å². The van der Waals surface area contributed by atoms with E-state index in [0.717, 1.165) is 0 Å². The van der Waals surface area contributed by atoms with Gasteiger partial charge in [0.2, 0.25) is 5.76 Å². The van der Waals surface area contributed by atoms with E-state index in [0.29, 0.717) is 29.0 Å². The third-order valence-electron chi connectivity index (χ3n) is 4.48. The number of carbonyl (C=O) groups excluding carboxylic acids is 2. The average molecular weight is 415 g/mol. The summed E-state index contributed by atoms with van der Waals surface area (Å²) in [4.78, 5) is 24.9. The summed E-state index contributed by atoms with van der Waals surface area (Å²) in [5, 5.41) is 15.5. The highest BCUT2D eigenvalue weighted by molar-refractivity contribution is 6.04. The Bertz CT molecular complexity index is 1270. The predicted octanol–water partition coefficient (Wildman–Crippen LogP) is 4.31. The van der Waals surface area contributed by atoms with Crippen LogP contribution in [0.5, 0.6) is 0 Å². The standard InChI is InChI=1S/C23H17N3O5/c24-12-20-22(17-8-2-4-10-19(17)31-20)26-21(27)14-30-23(28)16-7-1-3-9-18(16)25-13-15-6-5-11-29-15/h1-11,25H,13-14H2,(H,26,27). The van der Waals surface area contributed by atoms with E-state index >= 15 is 0 Å². The molecule has 4 rings (SSSR count). The van der Waals surface area contributed by atoms with Crippen molar-refractivity contribution in [2.45, 2.75) is 6.54 Å². The van der Waals surface area contributed by atoms with Gasteiger partial charge in [-0.25, -0.2) is 4.79 Å². The van der Waals surface area contributed by atoms with Crippen molar-refractivity contribution in [1.82, 2.24) is 0 Å². The van der Waals surface area contributed by atoms with Gasteiger partial charge in [-0.1, -0.05) is 24.3 Å². The molecular formula is C23H17N3O5. The number of amides is 1. The maximum Gasteiger partial charge on any atom is 0.340 e. The number of nitriles is 1. The van der Waals surface area contributed by atoms with E-state index < -0.39 is 18.5 Å². The van der Waals surface area contributed by atoms with Gasteiger partial charge >= 0.3 is 5.97 Å². The molecule has 0 atom stereocenters. The molecule has 0 saturated carbocycles. The molecule has 0 radical (unpaired) electrons. The summed E-state index contributed by atoms with van der Waals surface area (Å²) in [5.41, 5.74) is 1.56. The highest BCUT2D eigenvalue weighted by atomic mass is 16.5. The van der Waals surface area contributed by atoms with Crippen LogP contribution in [0, 0.1) is 11.3 Å². The summed E-state index contributed by atoms with van der Waals surface area (Å²) >= 11 is 0. The van der Waals surface area contributed by atoms with E-state index in [1.54, 1.807) is 60.9 Å². The quantitative estimate of drug-likeness (QED) is 0.432. The minimum absolute atomic E-state index is 0.0200. The van der Waals surface area contributed by atoms with Crippen LogP contribution in [0.2, 0.25) is 0 Å². The third-order valence-corrected chi connectivity index (χ3v) is 4.48. The Balaban J connectivity index is 1.40. The second-order valence-electron chi connectivity index (χ2n) is 6.52. The van der Waals surface area contributed by atoms with Crippen LogP contribution < -0.4 is 10.6 Å². The number of carbonyl (C=O) groups is 2. The highest BCUT2D eigenvalue weighted by Gasteiger charge is 2.18. The van der Waals surface area contributed by atoms with Crippen LogP contribution in [0.1, 0.15) is 21.9 Å². The van der Waals surface area contributed by atoms with Gasteiger partial charge < -0.3 is 24.2 Å². The number of ether oxygens (including phenoxy) is 1. The van der Waals surface area contributed by atoms with Gasteiger partial charge in [0, 0.05) is 11.1 Å². The Morgan fingerprint density at radius 3 is 2.65 bits per heavy atom. The number of benzene rings is 2. The fraction of sp³-hybridized carbons (Fsp3) is 0.0870. The maximum atomic E-state index is 12.5. The van der Waals surface area contributed by atoms with Gasteiger partial charge in [0.15, 0.2) is 6.61 Å². The first-order chi connectivity index (χ1) is 15.2. The summed E-state index contributed by atoms with van der Waals surface area (Å²) in [5.74, 6) is -0.552. The summed E-state index contributed by atoms with van der Waals surface area (Å²) in [6.45, 7) is -0.127. The van der Waals surface area contributed by atoms with Gasteiger partial charge in [-0.15, -0.1) is 0 Å². The molecule has 0 saturated heterocycles. The molecule has 8 nitrogen and oxygen atoms in total. The van der Waals surface area contributed by atoms with Gasteiger partial charge in [-0.3, -0.25) is 4.79 Å². The predicted molar refractivity (Wildman–Crippen MR) is 112 cm³/mol. The number of nitrogens with one attached hydrogen (secondary N) is 2. The Labute approximate surface area is 177 Å². The molecule has 0 aliphatic heterocycles. The number of rotatable bonds is 7. The maximum absolute atomic E-state index is 12.5. The van der Waals surface area contributed by atoms with E-state index in [1.807, 2.05) is 12.1 Å². The minimum Gasteiger partial charge on any atom is -0.467 e. The van der Waals surface area contributed by atoms with E-state index in [9.17, 15) is 14.9 Å². The number of anilines is 2. The monoisotopic (exact) mass is 415 g/mol. The van der Waals surface area contributed by atoms with Crippen molar-refractivity contribution in [1.29, 1.82) is 5.26 Å². The van der Waals surface area contributed by atoms with Crippen LogP contribution in [-0.4, -0.2) is 18.5 Å². The molecule has 8 heteroatoms. The molecule has 0 unspecified atom stereocenters. The molecule has 1 amide bonds. The molecule has 2 aromatic heterocycles. The Hall–Kier alpha value is -4.51. The first kappa shape index (κ1) is 19.8. The largest absolute Gasteiger partial charge is 0.467 e. The number of hydrogen-bond acceptors (Lipinski definition) is 7. The van der Waals surface area contributed by atoms with Crippen molar-refractivity contribution in [3.8, 4) is 6.07 Å². The minimum atomic E-state index is -0.657. The van der Waals surface area contributed by atoms with Crippen molar-refractivity contribution in [2.24, 2.45) is 0 Å². The second-order valence-corrected chi connectivity index (χ2v) is 6.52. The Morgan fingerprint density at radius 1 is 1.03 bits per heavy atom. The highest BCUT2D eigenvalue weighted by Crippen LogP contribution is 2.30. The molecule has 0 spiro atoms.